The van der Waals surface area contributed by atoms with Crippen molar-refractivity contribution in [1.82, 2.24) is 15.5 Å². The third kappa shape index (κ3) is 5.12. The highest BCUT2D eigenvalue weighted by atomic mass is 16.2. The minimum Gasteiger partial charge on any atom is -0.355 e. The molecule has 2 aromatic carbocycles. The van der Waals surface area contributed by atoms with Gasteiger partial charge in [-0.25, -0.2) is 4.99 Å². The molecule has 5 nitrogen and oxygen atoms in total. The number of hydrogen-bond acceptors (Lipinski definition) is 2. The minimum atomic E-state index is 0.0237. The summed E-state index contributed by atoms with van der Waals surface area (Å²) in [5, 5.41) is 6.68. The van der Waals surface area contributed by atoms with Gasteiger partial charge < -0.3 is 15.5 Å². The monoisotopic (exact) mass is 378 g/mol. The molecule has 28 heavy (non-hydrogen) atoms. The highest BCUT2D eigenvalue weighted by Gasteiger charge is 2.38. The third-order valence-corrected chi connectivity index (χ3v) is 5.46. The van der Waals surface area contributed by atoms with E-state index < -0.39 is 0 Å². The van der Waals surface area contributed by atoms with Crippen LogP contribution in [0.1, 0.15) is 30.4 Å². The maximum atomic E-state index is 12.0. The quantitative estimate of drug-likeness (QED) is 0.575. The van der Waals surface area contributed by atoms with E-state index in [2.05, 4.69) is 53.1 Å². The Morgan fingerprint density at radius 2 is 1.64 bits per heavy atom. The summed E-state index contributed by atoms with van der Waals surface area (Å²) < 4.78 is 0. The molecule has 1 amide bonds. The van der Waals surface area contributed by atoms with Crippen LogP contribution >= 0.6 is 0 Å². The SMILES string of the molecule is CN(C)C(=O)CNC(=NCc1ccccc1)NCC1(c2ccccc2)CCC1. The van der Waals surface area contributed by atoms with Gasteiger partial charge in [0.2, 0.25) is 5.91 Å². The molecule has 0 bridgehead atoms. The molecule has 0 unspecified atom stereocenters. The first-order valence-electron chi connectivity index (χ1n) is 9.91. The van der Waals surface area contributed by atoms with Crippen molar-refractivity contribution < 1.29 is 4.79 Å². The summed E-state index contributed by atoms with van der Waals surface area (Å²) in [4.78, 5) is 18.3. The van der Waals surface area contributed by atoms with Crippen molar-refractivity contribution in [2.45, 2.75) is 31.2 Å². The lowest BCUT2D eigenvalue weighted by molar-refractivity contribution is -0.127. The van der Waals surface area contributed by atoms with Crippen molar-refractivity contribution in [3.05, 3.63) is 71.8 Å². The molecule has 1 aliphatic carbocycles. The third-order valence-electron chi connectivity index (χ3n) is 5.46. The van der Waals surface area contributed by atoms with Gasteiger partial charge in [0, 0.05) is 26.1 Å². The van der Waals surface area contributed by atoms with E-state index in [0.717, 1.165) is 12.1 Å². The Labute approximate surface area is 167 Å². The van der Waals surface area contributed by atoms with Gasteiger partial charge >= 0.3 is 0 Å². The number of nitrogens with zero attached hydrogens (tertiary/aromatic N) is 2. The molecule has 1 saturated carbocycles. The van der Waals surface area contributed by atoms with Crippen LogP contribution in [-0.2, 0) is 16.8 Å². The maximum absolute atomic E-state index is 12.0. The van der Waals surface area contributed by atoms with E-state index in [1.54, 1.807) is 19.0 Å². The highest BCUT2D eigenvalue weighted by molar-refractivity contribution is 5.86. The van der Waals surface area contributed by atoms with Crippen LogP contribution in [0.4, 0.5) is 0 Å². The molecule has 0 saturated heterocycles. The van der Waals surface area contributed by atoms with Crippen molar-refractivity contribution in [3.8, 4) is 0 Å². The first-order valence-corrected chi connectivity index (χ1v) is 9.91. The summed E-state index contributed by atoms with van der Waals surface area (Å²) in [6.45, 7) is 1.62. The summed E-state index contributed by atoms with van der Waals surface area (Å²) in [6, 6.07) is 20.8. The van der Waals surface area contributed by atoms with Gasteiger partial charge in [-0.3, -0.25) is 4.79 Å². The maximum Gasteiger partial charge on any atom is 0.241 e. The van der Waals surface area contributed by atoms with E-state index in [9.17, 15) is 4.79 Å². The number of nitrogens with one attached hydrogen (secondary N) is 2. The van der Waals surface area contributed by atoms with Crippen LogP contribution in [0.5, 0.6) is 0 Å². The number of amides is 1. The van der Waals surface area contributed by atoms with Crippen LogP contribution < -0.4 is 10.6 Å². The fraction of sp³-hybridized carbons (Fsp3) is 0.391. The molecule has 148 valence electrons. The van der Waals surface area contributed by atoms with Gasteiger partial charge in [0.05, 0.1) is 13.1 Å². The van der Waals surface area contributed by atoms with Crippen molar-refractivity contribution in [2.75, 3.05) is 27.2 Å². The number of carbonyl (C=O) groups excluding carboxylic acids is 1. The van der Waals surface area contributed by atoms with Crippen molar-refractivity contribution >= 4 is 11.9 Å². The lowest BCUT2D eigenvalue weighted by atomic mass is 9.64. The Morgan fingerprint density at radius 1 is 1.00 bits per heavy atom. The predicted molar refractivity (Wildman–Crippen MR) is 114 cm³/mol. The van der Waals surface area contributed by atoms with Crippen LogP contribution in [0.25, 0.3) is 0 Å². The first kappa shape index (κ1) is 19.9. The lowest BCUT2D eigenvalue weighted by Crippen LogP contribution is -2.50. The van der Waals surface area contributed by atoms with Crippen LogP contribution in [0.15, 0.2) is 65.7 Å². The summed E-state index contributed by atoms with van der Waals surface area (Å²) in [7, 11) is 3.52. The molecule has 0 atom stereocenters. The van der Waals surface area contributed by atoms with Gasteiger partial charge in [-0.1, -0.05) is 67.1 Å². The molecule has 1 fully saturated rings. The zero-order valence-electron chi connectivity index (χ0n) is 16.8. The molecular formula is C23H30N4O. The van der Waals surface area contributed by atoms with Crippen LogP contribution in [0.2, 0.25) is 0 Å². The fourth-order valence-corrected chi connectivity index (χ4v) is 3.46. The average Bonchev–Trinajstić information content (AvgIpc) is 2.69. The Balaban J connectivity index is 1.68. The van der Waals surface area contributed by atoms with Crippen LogP contribution in [-0.4, -0.2) is 44.0 Å². The fourth-order valence-electron chi connectivity index (χ4n) is 3.46. The zero-order chi connectivity index (χ0) is 19.8. The molecule has 0 spiro atoms. The Kier molecular flexibility index (Phi) is 6.69. The Bertz CT molecular complexity index is 783. The number of benzene rings is 2. The Hall–Kier alpha value is -2.82. The average molecular weight is 379 g/mol. The van der Waals surface area contributed by atoms with Gasteiger partial charge in [0.1, 0.15) is 0 Å². The van der Waals surface area contributed by atoms with E-state index in [0.29, 0.717) is 12.5 Å². The molecule has 0 heterocycles. The summed E-state index contributed by atoms with van der Waals surface area (Å²) in [5.41, 5.74) is 2.67. The van der Waals surface area contributed by atoms with Gasteiger partial charge in [-0.15, -0.1) is 0 Å². The second-order valence-corrected chi connectivity index (χ2v) is 7.65. The van der Waals surface area contributed by atoms with Crippen LogP contribution in [0.3, 0.4) is 0 Å². The molecule has 1 aliphatic rings. The molecule has 2 N–H and O–H groups in total. The van der Waals surface area contributed by atoms with Crippen LogP contribution in [0, 0.1) is 0 Å². The summed E-state index contributed by atoms with van der Waals surface area (Å²) in [6.07, 6.45) is 3.60. The second-order valence-electron chi connectivity index (χ2n) is 7.65. The lowest BCUT2D eigenvalue weighted by Gasteiger charge is -2.43. The molecule has 3 rings (SSSR count). The van der Waals surface area contributed by atoms with E-state index >= 15 is 0 Å². The predicted octanol–water partition coefficient (Wildman–Crippen LogP) is 2.93. The number of likely N-dealkylation sites (N-methyl/N-ethyl adjacent to an activating group) is 1. The summed E-state index contributed by atoms with van der Waals surface area (Å²) >= 11 is 0. The van der Waals surface area contributed by atoms with Gasteiger partial charge in [0.25, 0.3) is 0 Å². The molecule has 0 radical (unpaired) electrons. The standard InChI is InChI=1S/C23H30N4O/c1-27(2)21(28)17-25-22(24-16-19-10-5-3-6-11-19)26-18-23(14-9-15-23)20-12-7-4-8-13-20/h3-8,10-13H,9,14-18H2,1-2H3,(H2,24,25,26). The molecule has 2 aromatic rings. The van der Waals surface area contributed by atoms with E-state index in [4.69, 9.17) is 4.99 Å². The van der Waals surface area contributed by atoms with Gasteiger partial charge in [0.15, 0.2) is 5.96 Å². The topological polar surface area (TPSA) is 56.7 Å². The number of carbonyl (C=O) groups is 1. The van der Waals surface area contributed by atoms with Crippen molar-refractivity contribution in [3.63, 3.8) is 0 Å². The van der Waals surface area contributed by atoms with Gasteiger partial charge in [-0.05, 0) is 24.0 Å². The molecule has 0 aliphatic heterocycles. The highest BCUT2D eigenvalue weighted by Crippen LogP contribution is 2.43. The molecule has 5 heteroatoms. The van der Waals surface area contributed by atoms with E-state index in [-0.39, 0.29) is 17.9 Å². The largest absolute Gasteiger partial charge is 0.355 e. The molecule has 0 aromatic heterocycles. The van der Waals surface area contributed by atoms with E-state index in [1.165, 1.54) is 24.8 Å². The number of rotatable bonds is 7. The Morgan fingerprint density at radius 3 is 2.21 bits per heavy atom. The number of aliphatic imine (C=N–C) groups is 1. The normalized spacial score (nSPS) is 15.4. The smallest absolute Gasteiger partial charge is 0.241 e. The van der Waals surface area contributed by atoms with Gasteiger partial charge in [-0.2, -0.15) is 0 Å². The second kappa shape index (κ2) is 9.40. The number of guanidine groups is 1. The number of hydrogen-bond donors (Lipinski definition) is 2. The minimum absolute atomic E-state index is 0.0237. The van der Waals surface area contributed by atoms with E-state index in [1.807, 2.05) is 18.2 Å². The summed E-state index contributed by atoms with van der Waals surface area (Å²) in [5.74, 6) is 0.705. The van der Waals surface area contributed by atoms with Crippen molar-refractivity contribution in [1.29, 1.82) is 0 Å². The molecular weight excluding hydrogens is 348 g/mol. The first-order chi connectivity index (χ1) is 13.6. The zero-order valence-corrected chi connectivity index (χ0v) is 16.8. The van der Waals surface area contributed by atoms with Crippen molar-refractivity contribution in [2.24, 2.45) is 4.99 Å².